The molecule has 2 fully saturated rings. The van der Waals surface area contributed by atoms with Gasteiger partial charge in [0.1, 0.15) is 0 Å². The summed E-state index contributed by atoms with van der Waals surface area (Å²) in [6, 6.07) is -0.457. The van der Waals surface area contributed by atoms with Crippen LogP contribution in [-0.4, -0.2) is 62.6 Å². The van der Waals surface area contributed by atoms with Gasteiger partial charge in [-0.2, -0.15) is 0 Å². The van der Waals surface area contributed by atoms with Gasteiger partial charge in [0.2, 0.25) is 0 Å². The topological polar surface area (TPSA) is 78.5 Å². The average molecular weight is 275 g/mol. The normalized spacial score (nSPS) is 30.3. The van der Waals surface area contributed by atoms with Crippen molar-refractivity contribution in [2.45, 2.75) is 25.9 Å². The lowest BCUT2D eigenvalue weighted by Gasteiger charge is -2.37. The van der Waals surface area contributed by atoms with Crippen molar-refractivity contribution in [1.82, 2.24) is 15.5 Å². The van der Waals surface area contributed by atoms with E-state index in [1.165, 1.54) is 0 Å². The lowest BCUT2D eigenvalue weighted by Crippen LogP contribution is -2.61. The predicted octanol–water partition coefficient (Wildman–Crippen LogP) is -0.577. The van der Waals surface area contributed by atoms with Crippen LogP contribution in [-0.2, 0) is 9.84 Å². The molecule has 0 aromatic carbocycles. The number of piperazine rings is 1. The van der Waals surface area contributed by atoms with Crippen LogP contribution in [0, 0.1) is 5.92 Å². The van der Waals surface area contributed by atoms with E-state index in [4.69, 9.17) is 0 Å². The Kier molecular flexibility index (Phi) is 3.82. The van der Waals surface area contributed by atoms with E-state index in [2.05, 4.69) is 10.6 Å². The van der Waals surface area contributed by atoms with E-state index in [0.29, 0.717) is 25.6 Å². The highest BCUT2D eigenvalue weighted by Crippen LogP contribution is 2.21. The fraction of sp³-hybridized carbons (Fsp3) is 0.909. The molecule has 0 saturated carbocycles. The molecule has 2 aliphatic rings. The minimum absolute atomic E-state index is 0.0831. The maximum atomic E-state index is 12.0. The Labute approximate surface area is 108 Å². The van der Waals surface area contributed by atoms with Crippen molar-refractivity contribution in [1.29, 1.82) is 0 Å². The van der Waals surface area contributed by atoms with Crippen molar-refractivity contribution in [3.8, 4) is 0 Å². The van der Waals surface area contributed by atoms with Crippen molar-refractivity contribution < 1.29 is 13.2 Å². The number of hydrogen-bond donors (Lipinski definition) is 2. The number of sulfone groups is 1. The molecule has 2 aliphatic heterocycles. The first-order chi connectivity index (χ1) is 8.39. The number of nitrogens with one attached hydrogen (secondary N) is 2. The zero-order chi connectivity index (χ0) is 13.3. The molecule has 2 N–H and O–H groups in total. The summed E-state index contributed by atoms with van der Waals surface area (Å²) < 4.78 is 23.3. The van der Waals surface area contributed by atoms with E-state index in [1.807, 2.05) is 13.8 Å². The molecule has 7 heteroatoms. The van der Waals surface area contributed by atoms with E-state index in [-0.39, 0.29) is 29.6 Å². The highest BCUT2D eigenvalue weighted by Gasteiger charge is 2.44. The van der Waals surface area contributed by atoms with Crippen molar-refractivity contribution in [2.24, 2.45) is 5.92 Å². The third-order valence-corrected chi connectivity index (χ3v) is 5.12. The molecule has 2 saturated heterocycles. The zero-order valence-corrected chi connectivity index (χ0v) is 11.7. The van der Waals surface area contributed by atoms with Gasteiger partial charge in [-0.25, -0.2) is 13.2 Å². The second-order valence-electron chi connectivity index (χ2n) is 5.48. The number of urea groups is 1. The molecule has 0 aromatic rings. The molecule has 0 bridgehead atoms. The van der Waals surface area contributed by atoms with Crippen LogP contribution in [0.4, 0.5) is 4.79 Å². The molecular weight excluding hydrogens is 254 g/mol. The van der Waals surface area contributed by atoms with Crippen molar-refractivity contribution in [3.63, 3.8) is 0 Å². The Bertz CT molecular complexity index is 421. The smallest absolute Gasteiger partial charge is 0.317 e. The van der Waals surface area contributed by atoms with Crippen molar-refractivity contribution in [2.75, 3.05) is 31.1 Å². The molecular formula is C11H21N3O3S. The molecule has 0 spiro atoms. The van der Waals surface area contributed by atoms with Crippen molar-refractivity contribution >= 4 is 15.9 Å². The third-order valence-electron chi connectivity index (χ3n) is 3.40. The number of carbonyl (C=O) groups excluding carboxylic acids is 1. The molecule has 0 aromatic heterocycles. The first-order valence-electron chi connectivity index (χ1n) is 6.37. The second-order valence-corrected chi connectivity index (χ2v) is 7.63. The predicted molar refractivity (Wildman–Crippen MR) is 69.2 cm³/mol. The van der Waals surface area contributed by atoms with Crippen LogP contribution in [0.25, 0.3) is 0 Å². The molecule has 2 atom stereocenters. The average Bonchev–Trinajstić information content (AvgIpc) is 2.59. The lowest BCUT2D eigenvalue weighted by molar-refractivity contribution is 0.150. The van der Waals surface area contributed by atoms with E-state index in [1.54, 1.807) is 4.90 Å². The van der Waals surface area contributed by atoms with Gasteiger partial charge in [-0.3, -0.25) is 0 Å². The molecule has 0 aliphatic carbocycles. The van der Waals surface area contributed by atoms with Crippen LogP contribution in [0.15, 0.2) is 0 Å². The summed E-state index contributed by atoms with van der Waals surface area (Å²) in [6.45, 7) is 5.90. The minimum Gasteiger partial charge on any atom is -0.338 e. The summed E-state index contributed by atoms with van der Waals surface area (Å²) in [5, 5.41) is 6.04. The van der Waals surface area contributed by atoms with Crippen LogP contribution < -0.4 is 10.6 Å². The van der Waals surface area contributed by atoms with Crippen molar-refractivity contribution in [3.05, 3.63) is 0 Å². The van der Waals surface area contributed by atoms with Crippen LogP contribution in [0.1, 0.15) is 13.8 Å². The van der Waals surface area contributed by atoms with E-state index in [9.17, 15) is 13.2 Å². The molecule has 104 valence electrons. The number of rotatable bonds is 2. The lowest BCUT2D eigenvalue weighted by atomic mass is 10.1. The Balaban J connectivity index is 2.02. The maximum absolute atomic E-state index is 12.0. The minimum atomic E-state index is -3.01. The van der Waals surface area contributed by atoms with Gasteiger partial charge in [0.05, 0.1) is 17.5 Å². The van der Waals surface area contributed by atoms with E-state index in [0.717, 1.165) is 0 Å². The summed E-state index contributed by atoms with van der Waals surface area (Å²) in [6.07, 6.45) is 0. The number of carbonyl (C=O) groups is 1. The zero-order valence-electron chi connectivity index (χ0n) is 10.8. The Hall–Kier alpha value is -0.820. The first-order valence-corrected chi connectivity index (χ1v) is 8.19. The molecule has 2 amide bonds. The second kappa shape index (κ2) is 5.05. The largest absolute Gasteiger partial charge is 0.338 e. The standard InChI is InChI=1S/C11H21N3O3S/c1-8(2)5-13-11(15)14-4-3-12-9-6-18(16,17)7-10(9)14/h8-10,12H,3-7H2,1-2H3,(H,13,15)/t9-,10+/m1/s1. The third kappa shape index (κ3) is 2.95. The molecule has 0 unspecified atom stereocenters. The Morgan fingerprint density at radius 1 is 1.44 bits per heavy atom. The van der Waals surface area contributed by atoms with Gasteiger partial charge in [-0.1, -0.05) is 13.8 Å². The molecule has 6 nitrogen and oxygen atoms in total. The quantitative estimate of drug-likeness (QED) is 0.707. The first kappa shape index (κ1) is 13.6. The van der Waals surface area contributed by atoms with Crippen LogP contribution in [0.5, 0.6) is 0 Å². The van der Waals surface area contributed by atoms with Gasteiger partial charge in [-0.05, 0) is 5.92 Å². The summed E-state index contributed by atoms with van der Waals surface area (Å²) in [4.78, 5) is 13.7. The number of amides is 2. The SMILES string of the molecule is CC(C)CNC(=O)N1CCN[C@@H]2CS(=O)(=O)C[C@@H]21. The monoisotopic (exact) mass is 275 g/mol. The summed E-state index contributed by atoms with van der Waals surface area (Å²) in [5.41, 5.74) is 0. The number of nitrogens with zero attached hydrogens (tertiary/aromatic N) is 1. The number of hydrogen-bond acceptors (Lipinski definition) is 4. The molecule has 2 rings (SSSR count). The van der Waals surface area contributed by atoms with Crippen LogP contribution >= 0.6 is 0 Å². The summed E-state index contributed by atoms with van der Waals surface area (Å²) in [5.74, 6) is 0.616. The van der Waals surface area contributed by atoms with Gasteiger partial charge in [0.15, 0.2) is 9.84 Å². The van der Waals surface area contributed by atoms with Gasteiger partial charge in [0.25, 0.3) is 0 Å². The van der Waals surface area contributed by atoms with Crippen LogP contribution in [0.2, 0.25) is 0 Å². The van der Waals surface area contributed by atoms with Gasteiger partial charge >= 0.3 is 6.03 Å². The Morgan fingerprint density at radius 2 is 2.17 bits per heavy atom. The molecule has 18 heavy (non-hydrogen) atoms. The fourth-order valence-electron chi connectivity index (χ4n) is 2.51. The van der Waals surface area contributed by atoms with Gasteiger partial charge < -0.3 is 15.5 Å². The summed E-state index contributed by atoms with van der Waals surface area (Å²) >= 11 is 0. The molecule has 2 heterocycles. The highest BCUT2D eigenvalue weighted by molar-refractivity contribution is 7.91. The van der Waals surface area contributed by atoms with Gasteiger partial charge in [-0.15, -0.1) is 0 Å². The maximum Gasteiger partial charge on any atom is 0.317 e. The fourth-order valence-corrected chi connectivity index (χ4v) is 4.47. The van der Waals surface area contributed by atoms with Crippen LogP contribution in [0.3, 0.4) is 0 Å². The summed E-state index contributed by atoms with van der Waals surface area (Å²) in [7, 11) is -3.01. The van der Waals surface area contributed by atoms with E-state index < -0.39 is 9.84 Å². The molecule has 0 radical (unpaired) electrons. The van der Waals surface area contributed by atoms with E-state index >= 15 is 0 Å². The van der Waals surface area contributed by atoms with Gasteiger partial charge in [0, 0.05) is 25.7 Å². The number of fused-ring (bicyclic) bond motifs is 1. The highest BCUT2D eigenvalue weighted by atomic mass is 32.2. The Morgan fingerprint density at radius 3 is 2.83 bits per heavy atom.